The van der Waals surface area contributed by atoms with Crippen molar-refractivity contribution in [1.82, 2.24) is 29.4 Å². The number of aryl methyl sites for hydroxylation is 4. The molecule has 8 nitrogen and oxygen atoms in total. The average molecular weight is 510 g/mol. The molecule has 5 aromatic rings. The van der Waals surface area contributed by atoms with Gasteiger partial charge in [0.1, 0.15) is 5.82 Å². The number of anilines is 1. The van der Waals surface area contributed by atoms with Crippen molar-refractivity contribution in [1.29, 1.82) is 0 Å². The molecule has 0 aliphatic rings. The molecule has 0 bridgehead atoms. The van der Waals surface area contributed by atoms with E-state index in [9.17, 15) is 9.18 Å². The Hall–Kier alpha value is -3.50. The van der Waals surface area contributed by atoms with Crippen molar-refractivity contribution in [3.05, 3.63) is 76.6 Å². The Kier molecular flexibility index (Phi) is 6.40. The minimum absolute atomic E-state index is 0.0173. The fourth-order valence-electron chi connectivity index (χ4n) is 3.79. The lowest BCUT2D eigenvalue weighted by atomic mass is 10.2. The Labute approximate surface area is 209 Å². The van der Waals surface area contributed by atoms with E-state index in [2.05, 4.69) is 15.5 Å². The van der Waals surface area contributed by atoms with Crippen LogP contribution >= 0.6 is 23.4 Å². The summed E-state index contributed by atoms with van der Waals surface area (Å²) in [5.41, 5.74) is 3.55. The number of hydrogen-bond acceptors (Lipinski definition) is 6. The number of carbonyl (C=O) groups excluding carboxylic acids is 1. The minimum Gasteiger partial charge on any atom is -0.323 e. The summed E-state index contributed by atoms with van der Waals surface area (Å²) in [6, 6.07) is 13.8. The number of rotatable bonds is 7. The zero-order valence-electron chi connectivity index (χ0n) is 19.0. The smallest absolute Gasteiger partial charge is 0.234 e. The van der Waals surface area contributed by atoms with Crippen LogP contribution in [0.25, 0.3) is 16.6 Å². The Morgan fingerprint density at radius 3 is 2.71 bits per heavy atom. The predicted octanol–water partition coefficient (Wildman–Crippen LogP) is 4.86. The molecule has 1 N–H and O–H groups in total. The first-order valence-electron chi connectivity index (χ1n) is 10.9. The molecule has 1 amide bonds. The summed E-state index contributed by atoms with van der Waals surface area (Å²) < 4.78 is 17.6. The van der Waals surface area contributed by atoms with Crippen LogP contribution in [-0.4, -0.2) is 41.0 Å². The van der Waals surface area contributed by atoms with Gasteiger partial charge in [0.05, 0.1) is 22.7 Å². The van der Waals surface area contributed by atoms with Crippen molar-refractivity contribution < 1.29 is 9.18 Å². The van der Waals surface area contributed by atoms with Gasteiger partial charge in [-0.15, -0.1) is 5.10 Å². The van der Waals surface area contributed by atoms with E-state index in [1.807, 2.05) is 48.9 Å². The molecule has 3 aromatic heterocycles. The molecule has 35 heavy (non-hydrogen) atoms. The van der Waals surface area contributed by atoms with Gasteiger partial charge in [-0.25, -0.2) is 14.4 Å². The highest BCUT2D eigenvalue weighted by molar-refractivity contribution is 7.99. The van der Waals surface area contributed by atoms with E-state index in [0.717, 1.165) is 28.4 Å². The monoisotopic (exact) mass is 509 g/mol. The van der Waals surface area contributed by atoms with Gasteiger partial charge < -0.3 is 5.32 Å². The Balaban J connectivity index is 1.39. The zero-order valence-corrected chi connectivity index (χ0v) is 20.6. The van der Waals surface area contributed by atoms with Crippen LogP contribution in [0.5, 0.6) is 0 Å². The first kappa shape index (κ1) is 23.3. The summed E-state index contributed by atoms with van der Waals surface area (Å²) in [6.45, 7) is 4.63. The highest BCUT2D eigenvalue weighted by Crippen LogP contribution is 2.25. The van der Waals surface area contributed by atoms with Crippen LogP contribution in [0, 0.1) is 19.7 Å². The van der Waals surface area contributed by atoms with Crippen molar-refractivity contribution in [3.8, 4) is 0 Å². The number of nitrogens with one attached hydrogen (secondary N) is 1. The Morgan fingerprint density at radius 1 is 1.11 bits per heavy atom. The number of hydrogen-bond donors (Lipinski definition) is 1. The largest absolute Gasteiger partial charge is 0.323 e. The van der Waals surface area contributed by atoms with E-state index >= 15 is 0 Å². The lowest BCUT2D eigenvalue weighted by Gasteiger charge is -2.08. The fraction of sp³-hybridized carbons (Fsp3) is 0.208. The first-order valence-corrected chi connectivity index (χ1v) is 12.3. The average Bonchev–Trinajstić information content (AvgIpc) is 3.40. The number of halogens is 2. The molecule has 178 valence electrons. The van der Waals surface area contributed by atoms with Gasteiger partial charge in [0, 0.05) is 29.1 Å². The molecule has 3 heterocycles. The van der Waals surface area contributed by atoms with Crippen molar-refractivity contribution >= 4 is 51.5 Å². The summed E-state index contributed by atoms with van der Waals surface area (Å²) in [7, 11) is 0. The van der Waals surface area contributed by atoms with Gasteiger partial charge in [-0.1, -0.05) is 35.5 Å². The molecule has 0 radical (unpaired) electrons. The topological polar surface area (TPSA) is 90.0 Å². The molecule has 0 fully saturated rings. The lowest BCUT2D eigenvalue weighted by Crippen LogP contribution is -2.15. The molecule has 5 rings (SSSR count). The summed E-state index contributed by atoms with van der Waals surface area (Å²) in [6.07, 6.45) is 0.596. The lowest BCUT2D eigenvalue weighted by molar-refractivity contribution is -0.113. The summed E-state index contributed by atoms with van der Waals surface area (Å²) in [4.78, 5) is 22.0. The molecule has 0 aliphatic heterocycles. The third-order valence-corrected chi connectivity index (χ3v) is 6.55. The molecule has 0 saturated heterocycles. The highest BCUT2D eigenvalue weighted by atomic mass is 35.5. The van der Waals surface area contributed by atoms with Crippen LogP contribution in [0.2, 0.25) is 5.02 Å². The number of benzene rings is 2. The fourth-order valence-corrected chi connectivity index (χ4v) is 4.69. The molecule has 0 atom stereocenters. The van der Waals surface area contributed by atoms with Crippen molar-refractivity contribution in [2.45, 2.75) is 32.0 Å². The van der Waals surface area contributed by atoms with Gasteiger partial charge in [0.25, 0.3) is 0 Å². The number of nitrogens with zero attached hydrogens (tertiary/aromatic N) is 6. The molecule has 2 aromatic carbocycles. The second-order valence-electron chi connectivity index (χ2n) is 8.04. The van der Waals surface area contributed by atoms with Crippen molar-refractivity contribution in [2.24, 2.45) is 0 Å². The first-order chi connectivity index (χ1) is 16.9. The van der Waals surface area contributed by atoms with Crippen LogP contribution in [0.4, 0.5) is 10.1 Å². The molecule has 0 saturated carbocycles. The highest BCUT2D eigenvalue weighted by Gasteiger charge is 2.16. The number of carbonyl (C=O) groups is 1. The predicted molar refractivity (Wildman–Crippen MR) is 134 cm³/mol. The second-order valence-corrected chi connectivity index (χ2v) is 9.42. The minimum atomic E-state index is -0.592. The number of fused-ring (bicyclic) bond motifs is 3. The number of amides is 1. The SMILES string of the molecule is Cc1cc(C)n(CCc2nc3c4ccccc4nc(SCC(=O)Nc4ccc(Cl)cc4F)n3n2)n1. The van der Waals surface area contributed by atoms with Crippen molar-refractivity contribution in [2.75, 3.05) is 11.1 Å². The van der Waals surface area contributed by atoms with Gasteiger partial charge in [0.2, 0.25) is 5.91 Å². The third-order valence-electron chi connectivity index (χ3n) is 5.38. The maximum Gasteiger partial charge on any atom is 0.234 e. The van der Waals surface area contributed by atoms with Crippen LogP contribution < -0.4 is 5.32 Å². The summed E-state index contributed by atoms with van der Waals surface area (Å²) in [5.74, 6) is -0.288. The number of para-hydroxylation sites is 1. The normalized spacial score (nSPS) is 11.4. The third kappa shape index (κ3) is 4.98. The van der Waals surface area contributed by atoms with E-state index in [4.69, 9.17) is 21.6 Å². The molecular weight excluding hydrogens is 489 g/mol. The molecule has 0 unspecified atom stereocenters. The van der Waals surface area contributed by atoms with E-state index in [1.54, 1.807) is 4.52 Å². The molecule has 0 spiro atoms. The summed E-state index contributed by atoms with van der Waals surface area (Å²) in [5, 5.41) is 13.4. The van der Waals surface area contributed by atoms with Crippen molar-refractivity contribution in [3.63, 3.8) is 0 Å². The quantitative estimate of drug-likeness (QED) is 0.249. The number of thioether (sulfide) groups is 1. The van der Waals surface area contributed by atoms with Gasteiger partial charge >= 0.3 is 0 Å². The molecule has 0 aliphatic carbocycles. The number of aromatic nitrogens is 6. The van der Waals surface area contributed by atoms with Crippen LogP contribution in [0.15, 0.2) is 53.7 Å². The molecule has 11 heteroatoms. The molecular formula is C24H21ClFN7OS. The van der Waals surface area contributed by atoms with Crippen LogP contribution in [0.1, 0.15) is 17.2 Å². The van der Waals surface area contributed by atoms with E-state index in [0.29, 0.717) is 29.6 Å². The maximum absolute atomic E-state index is 14.0. The van der Waals surface area contributed by atoms with E-state index in [1.165, 1.54) is 23.9 Å². The van der Waals surface area contributed by atoms with Gasteiger partial charge in [-0.3, -0.25) is 9.48 Å². The second kappa shape index (κ2) is 9.63. The van der Waals surface area contributed by atoms with E-state index < -0.39 is 5.82 Å². The van der Waals surface area contributed by atoms with E-state index in [-0.39, 0.29) is 22.4 Å². The maximum atomic E-state index is 14.0. The van der Waals surface area contributed by atoms with Gasteiger partial charge in [-0.05, 0) is 50.2 Å². The Bertz CT molecular complexity index is 1560. The zero-order chi connectivity index (χ0) is 24.5. The van der Waals surface area contributed by atoms with Gasteiger partial charge in [0.15, 0.2) is 16.6 Å². The van der Waals surface area contributed by atoms with Crippen LogP contribution in [-0.2, 0) is 17.8 Å². The standard InChI is InChI=1S/C24H21ClFN7OS/c1-14-11-15(2)32(30-14)10-9-21-29-23-17-5-3-4-6-19(17)28-24(33(23)31-21)35-13-22(34)27-20-8-7-16(25)12-18(20)26/h3-8,11-12H,9-10,13H2,1-2H3,(H,27,34). The van der Waals surface area contributed by atoms with Crippen LogP contribution in [0.3, 0.4) is 0 Å². The van der Waals surface area contributed by atoms with Gasteiger partial charge in [-0.2, -0.15) is 9.61 Å². The summed E-state index contributed by atoms with van der Waals surface area (Å²) >= 11 is 6.99. The Morgan fingerprint density at radius 2 is 1.94 bits per heavy atom.